The van der Waals surface area contributed by atoms with Crippen molar-refractivity contribution in [2.75, 3.05) is 20.8 Å². The second-order valence-corrected chi connectivity index (χ2v) is 8.79. The second kappa shape index (κ2) is 8.84. The van der Waals surface area contributed by atoms with E-state index in [9.17, 15) is 13.2 Å². The lowest BCUT2D eigenvalue weighted by Crippen LogP contribution is -2.46. The van der Waals surface area contributed by atoms with Gasteiger partial charge in [-0.05, 0) is 37.5 Å². The highest BCUT2D eigenvalue weighted by atomic mass is 32.2. The average molecular weight is 419 g/mol. The highest BCUT2D eigenvalue weighted by molar-refractivity contribution is 7.89. The fourth-order valence-electron chi connectivity index (χ4n) is 3.54. The first kappa shape index (κ1) is 21.1. The maximum atomic E-state index is 13.4. The van der Waals surface area contributed by atoms with Crippen LogP contribution < -0.4 is 14.8 Å². The van der Waals surface area contributed by atoms with E-state index >= 15 is 0 Å². The number of sulfonamides is 1. The Morgan fingerprint density at radius 2 is 1.86 bits per heavy atom. The molecule has 0 unspecified atom stereocenters. The van der Waals surface area contributed by atoms with Crippen LogP contribution in [0, 0.1) is 0 Å². The monoisotopic (exact) mass is 418 g/mol. The van der Waals surface area contributed by atoms with Crippen molar-refractivity contribution in [1.82, 2.24) is 9.62 Å². The van der Waals surface area contributed by atoms with Gasteiger partial charge in [0.1, 0.15) is 22.4 Å². The molecule has 0 aromatic heterocycles. The zero-order chi connectivity index (χ0) is 21.0. The zero-order valence-electron chi connectivity index (χ0n) is 16.8. The molecule has 1 N–H and O–H groups in total. The maximum absolute atomic E-state index is 13.4. The van der Waals surface area contributed by atoms with Crippen molar-refractivity contribution >= 4 is 15.9 Å². The van der Waals surface area contributed by atoms with Gasteiger partial charge in [-0.3, -0.25) is 4.79 Å². The predicted molar refractivity (Wildman–Crippen MR) is 109 cm³/mol. The molecule has 0 saturated carbocycles. The largest absolute Gasteiger partial charge is 0.497 e. The van der Waals surface area contributed by atoms with Gasteiger partial charge >= 0.3 is 0 Å². The van der Waals surface area contributed by atoms with Crippen LogP contribution in [0.2, 0.25) is 0 Å². The molecule has 0 bridgehead atoms. The summed E-state index contributed by atoms with van der Waals surface area (Å²) in [5.41, 5.74) is 0.961. The van der Waals surface area contributed by atoms with E-state index in [0.717, 1.165) is 5.56 Å². The van der Waals surface area contributed by atoms with Crippen LogP contribution in [-0.4, -0.2) is 45.4 Å². The number of nitrogens with one attached hydrogen (secondary N) is 1. The Balaban J connectivity index is 1.85. The van der Waals surface area contributed by atoms with Gasteiger partial charge in [0.05, 0.1) is 20.3 Å². The fraction of sp³-hybridized carbons (Fsp3) is 0.381. The summed E-state index contributed by atoms with van der Waals surface area (Å²) in [5.74, 6) is 0.320. The molecule has 1 aliphatic heterocycles. The molecule has 2 aromatic carbocycles. The molecule has 1 amide bonds. The van der Waals surface area contributed by atoms with Crippen LogP contribution in [0.1, 0.15) is 31.4 Å². The van der Waals surface area contributed by atoms with Gasteiger partial charge < -0.3 is 14.8 Å². The Morgan fingerprint density at radius 1 is 1.14 bits per heavy atom. The van der Waals surface area contributed by atoms with Crippen molar-refractivity contribution in [2.24, 2.45) is 0 Å². The smallest absolute Gasteiger partial charge is 0.247 e. The summed E-state index contributed by atoms with van der Waals surface area (Å²) in [4.78, 5) is 12.9. The topological polar surface area (TPSA) is 84.9 Å². The molecule has 1 aliphatic rings. The number of methoxy groups -OCH3 is 2. The Labute approximate surface area is 171 Å². The number of rotatable bonds is 7. The number of nitrogens with zero attached hydrogens (tertiary/aromatic N) is 1. The number of amides is 1. The van der Waals surface area contributed by atoms with Gasteiger partial charge in [0.15, 0.2) is 0 Å². The zero-order valence-corrected chi connectivity index (χ0v) is 17.6. The molecule has 1 saturated heterocycles. The Bertz CT molecular complexity index is 962. The van der Waals surface area contributed by atoms with Crippen LogP contribution in [0.5, 0.6) is 11.5 Å². The summed E-state index contributed by atoms with van der Waals surface area (Å²) >= 11 is 0. The van der Waals surface area contributed by atoms with Gasteiger partial charge in [0.2, 0.25) is 15.9 Å². The van der Waals surface area contributed by atoms with Gasteiger partial charge in [0, 0.05) is 12.6 Å². The fourth-order valence-corrected chi connectivity index (χ4v) is 5.37. The van der Waals surface area contributed by atoms with Gasteiger partial charge in [-0.1, -0.05) is 30.3 Å². The highest BCUT2D eigenvalue weighted by Gasteiger charge is 2.41. The van der Waals surface area contributed by atoms with E-state index in [-0.39, 0.29) is 29.1 Å². The first-order chi connectivity index (χ1) is 13.9. The third kappa shape index (κ3) is 4.38. The molecule has 3 rings (SSSR count). The number of carbonyl (C=O) groups excluding carboxylic acids is 1. The van der Waals surface area contributed by atoms with E-state index in [0.29, 0.717) is 18.6 Å². The third-order valence-corrected chi connectivity index (χ3v) is 7.05. The minimum atomic E-state index is -3.94. The second-order valence-electron chi connectivity index (χ2n) is 6.93. The summed E-state index contributed by atoms with van der Waals surface area (Å²) in [7, 11) is -1.06. The lowest BCUT2D eigenvalue weighted by Gasteiger charge is -2.26. The normalized spacial score (nSPS) is 18.2. The molecule has 2 aromatic rings. The first-order valence-electron chi connectivity index (χ1n) is 9.47. The Morgan fingerprint density at radius 3 is 2.52 bits per heavy atom. The number of ether oxygens (including phenoxy) is 2. The Hall–Kier alpha value is -2.58. The summed E-state index contributed by atoms with van der Waals surface area (Å²) < 4.78 is 38.4. The van der Waals surface area contributed by atoms with Gasteiger partial charge in [0.25, 0.3) is 0 Å². The number of benzene rings is 2. The van der Waals surface area contributed by atoms with E-state index in [1.54, 1.807) is 12.1 Å². The number of carbonyl (C=O) groups is 1. The SMILES string of the molecule is COc1ccc(OC)c(S(=O)(=O)N2CCC[C@H]2C(=O)N[C@@H](C)c2ccccc2)c1. The minimum absolute atomic E-state index is 0.00448. The predicted octanol–water partition coefficient (Wildman–Crippen LogP) is 2.73. The van der Waals surface area contributed by atoms with Crippen LogP contribution >= 0.6 is 0 Å². The summed E-state index contributed by atoms with van der Waals surface area (Å²) in [5, 5.41) is 2.94. The molecule has 2 atom stereocenters. The summed E-state index contributed by atoms with van der Waals surface area (Å²) in [6.07, 6.45) is 1.09. The number of hydrogen-bond acceptors (Lipinski definition) is 5. The number of hydrogen-bond donors (Lipinski definition) is 1. The van der Waals surface area contributed by atoms with Crippen molar-refractivity contribution in [1.29, 1.82) is 0 Å². The highest BCUT2D eigenvalue weighted by Crippen LogP contribution is 2.34. The van der Waals surface area contributed by atoms with E-state index < -0.39 is 16.1 Å². The van der Waals surface area contributed by atoms with Crippen molar-refractivity contribution < 1.29 is 22.7 Å². The van der Waals surface area contributed by atoms with Crippen LogP contribution in [0.4, 0.5) is 0 Å². The molecule has 0 radical (unpaired) electrons. The van der Waals surface area contributed by atoms with Crippen molar-refractivity contribution in [3.05, 3.63) is 54.1 Å². The molecule has 156 valence electrons. The van der Waals surface area contributed by atoms with E-state index in [4.69, 9.17) is 9.47 Å². The van der Waals surface area contributed by atoms with Gasteiger partial charge in [-0.25, -0.2) is 8.42 Å². The molecule has 29 heavy (non-hydrogen) atoms. The molecule has 1 heterocycles. The summed E-state index contributed by atoms with van der Waals surface area (Å²) in [6, 6.07) is 13.2. The molecule has 8 heteroatoms. The average Bonchev–Trinajstić information content (AvgIpc) is 3.25. The maximum Gasteiger partial charge on any atom is 0.247 e. The molecule has 0 spiro atoms. The van der Waals surface area contributed by atoms with Crippen molar-refractivity contribution in [2.45, 2.75) is 36.7 Å². The molecular weight excluding hydrogens is 392 g/mol. The van der Waals surface area contributed by atoms with E-state index in [1.807, 2.05) is 37.3 Å². The van der Waals surface area contributed by atoms with Crippen LogP contribution in [0.25, 0.3) is 0 Å². The Kier molecular flexibility index (Phi) is 6.44. The standard InChI is InChI=1S/C21H26N2O5S/c1-15(16-8-5-4-6-9-16)22-21(24)18-10-7-13-23(18)29(25,26)20-14-17(27-2)11-12-19(20)28-3/h4-6,8-9,11-12,14-15,18H,7,10,13H2,1-3H3,(H,22,24)/t15-,18-/m0/s1. The molecule has 1 fully saturated rings. The lowest BCUT2D eigenvalue weighted by atomic mass is 10.1. The van der Waals surface area contributed by atoms with Crippen LogP contribution in [0.15, 0.2) is 53.4 Å². The first-order valence-corrected chi connectivity index (χ1v) is 10.9. The van der Waals surface area contributed by atoms with Crippen molar-refractivity contribution in [3.8, 4) is 11.5 Å². The minimum Gasteiger partial charge on any atom is -0.497 e. The van der Waals surface area contributed by atoms with Crippen molar-refractivity contribution in [3.63, 3.8) is 0 Å². The molecular formula is C21H26N2O5S. The quantitative estimate of drug-likeness (QED) is 0.747. The van der Waals surface area contributed by atoms with E-state index in [2.05, 4.69) is 5.32 Å². The van der Waals surface area contributed by atoms with Crippen LogP contribution in [0.3, 0.4) is 0 Å². The lowest BCUT2D eigenvalue weighted by molar-refractivity contribution is -0.124. The molecule has 7 nitrogen and oxygen atoms in total. The van der Waals surface area contributed by atoms with Crippen LogP contribution in [-0.2, 0) is 14.8 Å². The van der Waals surface area contributed by atoms with Gasteiger partial charge in [-0.2, -0.15) is 4.31 Å². The van der Waals surface area contributed by atoms with Gasteiger partial charge in [-0.15, -0.1) is 0 Å². The molecule has 0 aliphatic carbocycles. The summed E-state index contributed by atoms with van der Waals surface area (Å²) in [6.45, 7) is 2.16. The third-order valence-electron chi connectivity index (χ3n) is 5.12. The van der Waals surface area contributed by atoms with E-state index in [1.165, 1.54) is 24.6 Å².